The molecule has 0 spiro atoms. The van der Waals surface area contributed by atoms with Crippen molar-refractivity contribution in [3.8, 4) is 0 Å². The molecule has 0 aliphatic carbocycles. The van der Waals surface area contributed by atoms with Crippen LogP contribution in [0.25, 0.3) is 16.6 Å². The van der Waals surface area contributed by atoms with E-state index in [4.69, 9.17) is 10.5 Å². The van der Waals surface area contributed by atoms with Gasteiger partial charge in [0.1, 0.15) is 17.4 Å². The van der Waals surface area contributed by atoms with Gasteiger partial charge < -0.3 is 14.6 Å². The SMILES string of the molecule is Cc1ccc2c(c1)nc(C1=C(O)CN(c3ccc(S(N)(=O)=O)cc3)C1=N)n2C. The molecule has 1 aromatic heterocycles. The number of nitrogens with two attached hydrogens (primary N) is 1. The van der Waals surface area contributed by atoms with Gasteiger partial charge in [-0.25, -0.2) is 18.5 Å². The summed E-state index contributed by atoms with van der Waals surface area (Å²) in [6.45, 7) is 2.08. The number of aryl methyl sites for hydroxylation is 2. The Balaban J connectivity index is 1.72. The first-order valence-electron chi connectivity index (χ1n) is 8.51. The molecule has 8 nitrogen and oxygen atoms in total. The highest BCUT2D eigenvalue weighted by molar-refractivity contribution is 7.89. The average Bonchev–Trinajstić information content (AvgIpc) is 3.10. The molecular formula is C19H19N5O3S. The zero-order valence-corrected chi connectivity index (χ0v) is 16.2. The molecule has 4 rings (SSSR count). The number of anilines is 1. The fourth-order valence-electron chi connectivity index (χ4n) is 3.38. The number of aliphatic hydroxyl groups is 1. The Morgan fingerprint density at radius 3 is 2.50 bits per heavy atom. The largest absolute Gasteiger partial charge is 0.509 e. The minimum Gasteiger partial charge on any atom is -0.509 e. The molecule has 9 heteroatoms. The lowest BCUT2D eigenvalue weighted by Crippen LogP contribution is -2.26. The lowest BCUT2D eigenvalue weighted by Gasteiger charge is -2.19. The van der Waals surface area contributed by atoms with Gasteiger partial charge in [0.25, 0.3) is 0 Å². The Labute approximate surface area is 162 Å². The Hall–Kier alpha value is -3.17. The molecule has 144 valence electrons. The summed E-state index contributed by atoms with van der Waals surface area (Å²) in [6.07, 6.45) is 0. The molecule has 0 bridgehead atoms. The fraction of sp³-hybridized carbons (Fsp3) is 0.158. The second-order valence-electron chi connectivity index (χ2n) is 6.78. The third-order valence-corrected chi connectivity index (χ3v) is 5.77. The van der Waals surface area contributed by atoms with Gasteiger partial charge in [-0.3, -0.25) is 5.41 Å². The number of imidazole rings is 1. The number of aliphatic hydroxyl groups excluding tert-OH is 1. The quantitative estimate of drug-likeness (QED) is 0.625. The maximum absolute atomic E-state index is 11.4. The van der Waals surface area contributed by atoms with Crippen molar-refractivity contribution in [3.63, 3.8) is 0 Å². The highest BCUT2D eigenvalue weighted by Gasteiger charge is 2.32. The summed E-state index contributed by atoms with van der Waals surface area (Å²) in [5.41, 5.74) is 3.71. The van der Waals surface area contributed by atoms with E-state index in [0.717, 1.165) is 16.6 Å². The van der Waals surface area contributed by atoms with Gasteiger partial charge in [0, 0.05) is 12.7 Å². The van der Waals surface area contributed by atoms with E-state index in [1.54, 1.807) is 17.0 Å². The fourth-order valence-corrected chi connectivity index (χ4v) is 3.90. The number of fused-ring (bicyclic) bond motifs is 1. The average molecular weight is 397 g/mol. The first kappa shape index (κ1) is 18.2. The molecule has 1 aliphatic heterocycles. The van der Waals surface area contributed by atoms with E-state index in [1.165, 1.54) is 12.1 Å². The molecule has 3 aromatic rings. The van der Waals surface area contributed by atoms with Gasteiger partial charge in [-0.15, -0.1) is 0 Å². The minimum atomic E-state index is -3.79. The van der Waals surface area contributed by atoms with Gasteiger partial charge in [0.05, 0.1) is 28.0 Å². The summed E-state index contributed by atoms with van der Waals surface area (Å²) < 4.78 is 24.7. The predicted octanol–water partition coefficient (Wildman–Crippen LogP) is 2.30. The number of aromatic nitrogens is 2. The summed E-state index contributed by atoms with van der Waals surface area (Å²) in [5, 5.41) is 24.3. The number of hydrogen-bond acceptors (Lipinski definition) is 5. The van der Waals surface area contributed by atoms with E-state index < -0.39 is 10.0 Å². The minimum absolute atomic E-state index is 0.00916. The summed E-state index contributed by atoms with van der Waals surface area (Å²) in [7, 11) is -1.95. The number of nitrogens with zero attached hydrogens (tertiary/aromatic N) is 3. The number of rotatable bonds is 3. The lowest BCUT2D eigenvalue weighted by molar-refractivity contribution is 0.411. The third-order valence-electron chi connectivity index (χ3n) is 4.84. The Bertz CT molecular complexity index is 1260. The van der Waals surface area contributed by atoms with Crippen LogP contribution in [0.1, 0.15) is 11.4 Å². The highest BCUT2D eigenvalue weighted by atomic mass is 32.2. The number of hydrogen-bond donors (Lipinski definition) is 3. The Morgan fingerprint density at radius 1 is 1.18 bits per heavy atom. The van der Waals surface area contributed by atoms with Crippen LogP contribution in [-0.2, 0) is 17.1 Å². The second kappa shape index (κ2) is 6.18. The summed E-state index contributed by atoms with van der Waals surface area (Å²) >= 11 is 0. The van der Waals surface area contributed by atoms with Crippen LogP contribution in [0.3, 0.4) is 0 Å². The molecule has 0 unspecified atom stereocenters. The van der Waals surface area contributed by atoms with Gasteiger partial charge >= 0.3 is 0 Å². The van der Waals surface area contributed by atoms with Crippen molar-refractivity contribution in [3.05, 3.63) is 59.6 Å². The number of sulfonamides is 1. The number of benzene rings is 2. The third kappa shape index (κ3) is 2.85. The maximum atomic E-state index is 11.4. The summed E-state index contributed by atoms with van der Waals surface area (Å²) in [6, 6.07) is 11.8. The van der Waals surface area contributed by atoms with E-state index in [1.807, 2.05) is 36.7 Å². The van der Waals surface area contributed by atoms with Crippen molar-refractivity contribution in [1.29, 1.82) is 5.41 Å². The van der Waals surface area contributed by atoms with Crippen molar-refractivity contribution in [2.24, 2.45) is 12.2 Å². The normalized spacial score (nSPS) is 15.1. The van der Waals surface area contributed by atoms with E-state index in [2.05, 4.69) is 4.98 Å². The van der Waals surface area contributed by atoms with Crippen LogP contribution in [0.5, 0.6) is 0 Å². The number of amidine groups is 1. The first-order valence-corrected chi connectivity index (χ1v) is 10.1. The Morgan fingerprint density at radius 2 is 1.86 bits per heavy atom. The second-order valence-corrected chi connectivity index (χ2v) is 8.34. The van der Waals surface area contributed by atoms with Crippen LogP contribution in [0.15, 0.2) is 53.1 Å². The van der Waals surface area contributed by atoms with Crippen molar-refractivity contribution in [2.45, 2.75) is 11.8 Å². The molecule has 1 aliphatic rings. The highest BCUT2D eigenvalue weighted by Crippen LogP contribution is 2.32. The molecular weight excluding hydrogens is 378 g/mol. The van der Waals surface area contributed by atoms with Crippen LogP contribution in [0, 0.1) is 12.3 Å². The van der Waals surface area contributed by atoms with Crippen molar-refractivity contribution >= 4 is 38.2 Å². The monoisotopic (exact) mass is 397 g/mol. The van der Waals surface area contributed by atoms with Crippen LogP contribution < -0.4 is 10.0 Å². The van der Waals surface area contributed by atoms with E-state index >= 15 is 0 Å². The smallest absolute Gasteiger partial charge is 0.238 e. The molecule has 2 aromatic carbocycles. The molecule has 0 amide bonds. The van der Waals surface area contributed by atoms with Crippen molar-refractivity contribution in [1.82, 2.24) is 9.55 Å². The molecule has 0 saturated carbocycles. The molecule has 28 heavy (non-hydrogen) atoms. The van der Waals surface area contributed by atoms with Crippen LogP contribution >= 0.6 is 0 Å². The number of nitrogens with one attached hydrogen (secondary N) is 1. The van der Waals surface area contributed by atoms with Crippen molar-refractivity contribution < 1.29 is 13.5 Å². The van der Waals surface area contributed by atoms with Crippen molar-refractivity contribution in [2.75, 3.05) is 11.4 Å². The van der Waals surface area contributed by atoms with Gasteiger partial charge in [-0.05, 0) is 48.9 Å². The molecule has 0 fully saturated rings. The topological polar surface area (TPSA) is 125 Å². The molecule has 2 heterocycles. The molecule has 4 N–H and O–H groups in total. The summed E-state index contributed by atoms with van der Waals surface area (Å²) in [5.74, 6) is 0.637. The predicted molar refractivity (Wildman–Crippen MR) is 108 cm³/mol. The Kier molecular flexibility index (Phi) is 4.02. The lowest BCUT2D eigenvalue weighted by atomic mass is 10.2. The standard InChI is InChI=1S/C19H19N5O3S/c1-11-3-8-15-14(9-11)22-19(23(15)2)17-16(25)10-24(18(17)20)12-4-6-13(7-5-12)28(21,26)27/h3-9,20,25H,10H2,1-2H3,(H2,21,26,27). The van der Waals surface area contributed by atoms with E-state index in [0.29, 0.717) is 17.1 Å². The van der Waals surface area contributed by atoms with Gasteiger partial charge in [0.2, 0.25) is 10.0 Å². The first-order chi connectivity index (χ1) is 13.2. The maximum Gasteiger partial charge on any atom is 0.238 e. The molecule has 0 saturated heterocycles. The van der Waals surface area contributed by atoms with Gasteiger partial charge in [-0.2, -0.15) is 0 Å². The molecule has 0 radical (unpaired) electrons. The van der Waals surface area contributed by atoms with Crippen LogP contribution in [0.4, 0.5) is 5.69 Å². The van der Waals surface area contributed by atoms with Gasteiger partial charge in [-0.1, -0.05) is 6.07 Å². The zero-order valence-electron chi connectivity index (χ0n) is 15.3. The van der Waals surface area contributed by atoms with Crippen LogP contribution in [0.2, 0.25) is 0 Å². The van der Waals surface area contributed by atoms with E-state index in [9.17, 15) is 13.5 Å². The number of primary sulfonamides is 1. The zero-order chi connectivity index (χ0) is 20.2. The van der Waals surface area contributed by atoms with E-state index in [-0.39, 0.29) is 23.0 Å². The van der Waals surface area contributed by atoms with Gasteiger partial charge in [0.15, 0.2) is 0 Å². The summed E-state index contributed by atoms with van der Waals surface area (Å²) in [4.78, 5) is 6.19. The van der Waals surface area contributed by atoms with Crippen LogP contribution in [-0.4, -0.2) is 35.5 Å². The molecule has 0 atom stereocenters.